The number of amides is 1. The molecule has 0 radical (unpaired) electrons. The first-order valence-electron chi connectivity index (χ1n) is 7.25. The summed E-state index contributed by atoms with van der Waals surface area (Å²) in [7, 11) is 0. The lowest BCUT2D eigenvalue weighted by Crippen LogP contribution is -2.30. The number of aliphatic hydroxyl groups is 1. The Hall–Kier alpha value is -1.76. The van der Waals surface area contributed by atoms with Crippen molar-refractivity contribution in [3.63, 3.8) is 0 Å². The van der Waals surface area contributed by atoms with Gasteiger partial charge in [0.2, 0.25) is 0 Å². The quantitative estimate of drug-likeness (QED) is 0.727. The lowest BCUT2D eigenvalue weighted by Gasteiger charge is -2.19. The Balaban J connectivity index is 2.00. The molecular formula is C16H21N3O2S. The Bertz CT molecular complexity index is 598. The Labute approximate surface area is 134 Å². The molecule has 4 N–H and O–H groups in total. The van der Waals surface area contributed by atoms with E-state index in [1.54, 1.807) is 12.3 Å². The zero-order valence-corrected chi connectivity index (χ0v) is 13.3. The third-order valence-corrected chi connectivity index (χ3v) is 4.24. The van der Waals surface area contributed by atoms with Crippen LogP contribution in [0.2, 0.25) is 0 Å². The molecule has 6 heteroatoms. The second kappa shape index (κ2) is 8.03. The first-order valence-corrected chi connectivity index (χ1v) is 8.13. The number of aromatic nitrogens is 1. The molecule has 22 heavy (non-hydrogen) atoms. The van der Waals surface area contributed by atoms with Gasteiger partial charge < -0.3 is 16.2 Å². The smallest absolute Gasteiger partial charge is 0.270 e. The molecule has 2 aromatic rings. The molecule has 0 aliphatic carbocycles. The second-order valence-corrected chi connectivity index (χ2v) is 6.18. The molecule has 1 heterocycles. The standard InChI is InChI=1S/C16H21N3O2S/c1-11(20)7-13(12-5-3-2-4-6-12)9-18-16(21)14-10-22-15(8-17)19-14/h2-6,10-11,13,20H,7-9,17H2,1H3,(H,18,21). The summed E-state index contributed by atoms with van der Waals surface area (Å²) in [6.45, 7) is 2.56. The molecule has 2 rings (SSSR count). The summed E-state index contributed by atoms with van der Waals surface area (Å²) in [5.74, 6) is -0.139. The SMILES string of the molecule is CC(O)CC(CNC(=O)c1csc(CN)n1)c1ccccc1. The molecule has 5 nitrogen and oxygen atoms in total. The van der Waals surface area contributed by atoms with Gasteiger partial charge in [0.25, 0.3) is 5.91 Å². The van der Waals surface area contributed by atoms with E-state index >= 15 is 0 Å². The number of hydrogen-bond acceptors (Lipinski definition) is 5. The number of benzene rings is 1. The summed E-state index contributed by atoms with van der Waals surface area (Å²) in [6.07, 6.45) is 0.167. The Morgan fingerprint density at radius 2 is 2.14 bits per heavy atom. The van der Waals surface area contributed by atoms with Crippen molar-refractivity contribution in [2.45, 2.75) is 31.9 Å². The van der Waals surface area contributed by atoms with Gasteiger partial charge in [0, 0.05) is 24.4 Å². The van der Waals surface area contributed by atoms with Crippen LogP contribution in [-0.4, -0.2) is 28.6 Å². The van der Waals surface area contributed by atoms with Crippen molar-refractivity contribution in [1.29, 1.82) is 0 Å². The zero-order chi connectivity index (χ0) is 15.9. The maximum absolute atomic E-state index is 12.1. The normalized spacial score (nSPS) is 13.6. The maximum Gasteiger partial charge on any atom is 0.270 e. The predicted molar refractivity (Wildman–Crippen MR) is 87.8 cm³/mol. The molecule has 0 saturated heterocycles. The highest BCUT2D eigenvalue weighted by atomic mass is 32.1. The highest BCUT2D eigenvalue weighted by Crippen LogP contribution is 2.20. The van der Waals surface area contributed by atoms with Crippen molar-refractivity contribution in [1.82, 2.24) is 10.3 Å². The summed E-state index contributed by atoms with van der Waals surface area (Å²) in [4.78, 5) is 16.3. The van der Waals surface area contributed by atoms with Crippen LogP contribution in [0.15, 0.2) is 35.7 Å². The van der Waals surface area contributed by atoms with Crippen molar-refractivity contribution in [2.24, 2.45) is 5.73 Å². The van der Waals surface area contributed by atoms with Crippen LogP contribution in [-0.2, 0) is 6.54 Å². The number of carbonyl (C=O) groups is 1. The van der Waals surface area contributed by atoms with Crippen molar-refractivity contribution < 1.29 is 9.90 Å². The van der Waals surface area contributed by atoms with Crippen LogP contribution >= 0.6 is 11.3 Å². The van der Waals surface area contributed by atoms with Crippen LogP contribution in [0, 0.1) is 0 Å². The van der Waals surface area contributed by atoms with E-state index in [-0.39, 0.29) is 11.8 Å². The maximum atomic E-state index is 12.1. The summed E-state index contributed by atoms with van der Waals surface area (Å²) in [6, 6.07) is 9.88. The number of hydrogen-bond donors (Lipinski definition) is 3. The van der Waals surface area contributed by atoms with E-state index < -0.39 is 6.10 Å². The molecule has 1 aromatic carbocycles. The molecule has 0 saturated carbocycles. The topological polar surface area (TPSA) is 88.2 Å². The molecule has 0 fully saturated rings. The molecule has 0 bridgehead atoms. The van der Waals surface area contributed by atoms with Crippen LogP contribution in [0.3, 0.4) is 0 Å². The van der Waals surface area contributed by atoms with E-state index in [1.165, 1.54) is 11.3 Å². The van der Waals surface area contributed by atoms with Gasteiger partial charge in [0.1, 0.15) is 10.7 Å². The van der Waals surface area contributed by atoms with E-state index in [2.05, 4.69) is 10.3 Å². The number of nitrogens with one attached hydrogen (secondary N) is 1. The number of thiazole rings is 1. The van der Waals surface area contributed by atoms with Crippen molar-refractivity contribution in [3.05, 3.63) is 52.0 Å². The van der Waals surface area contributed by atoms with Gasteiger partial charge in [0.15, 0.2) is 0 Å². The van der Waals surface area contributed by atoms with E-state index in [9.17, 15) is 9.90 Å². The summed E-state index contributed by atoms with van der Waals surface area (Å²) >= 11 is 1.38. The molecule has 118 valence electrons. The Morgan fingerprint density at radius 3 is 2.73 bits per heavy atom. The minimum atomic E-state index is -0.426. The predicted octanol–water partition coefficient (Wildman–Crippen LogP) is 1.89. The third kappa shape index (κ3) is 4.62. The van der Waals surface area contributed by atoms with Gasteiger partial charge in [0.05, 0.1) is 6.10 Å². The number of aliphatic hydroxyl groups excluding tert-OH is 1. The van der Waals surface area contributed by atoms with Crippen molar-refractivity contribution in [3.8, 4) is 0 Å². The fourth-order valence-corrected chi connectivity index (χ4v) is 2.94. The highest BCUT2D eigenvalue weighted by molar-refractivity contribution is 7.09. The van der Waals surface area contributed by atoms with Crippen LogP contribution in [0.25, 0.3) is 0 Å². The Morgan fingerprint density at radius 1 is 1.41 bits per heavy atom. The largest absolute Gasteiger partial charge is 0.393 e. The minimum Gasteiger partial charge on any atom is -0.393 e. The van der Waals surface area contributed by atoms with Gasteiger partial charge in [-0.05, 0) is 18.9 Å². The lowest BCUT2D eigenvalue weighted by atomic mass is 9.93. The van der Waals surface area contributed by atoms with Gasteiger partial charge in [-0.15, -0.1) is 11.3 Å². The van der Waals surface area contributed by atoms with E-state index in [0.717, 1.165) is 10.6 Å². The van der Waals surface area contributed by atoms with Crippen LogP contribution in [0.1, 0.15) is 40.3 Å². The van der Waals surface area contributed by atoms with Crippen LogP contribution in [0.4, 0.5) is 0 Å². The zero-order valence-electron chi connectivity index (χ0n) is 12.5. The number of nitrogens with two attached hydrogens (primary N) is 1. The first-order chi connectivity index (χ1) is 10.6. The molecule has 0 aliphatic rings. The summed E-state index contributed by atoms with van der Waals surface area (Å²) in [5.41, 5.74) is 7.00. The summed E-state index contributed by atoms with van der Waals surface area (Å²) < 4.78 is 0. The lowest BCUT2D eigenvalue weighted by molar-refractivity contribution is 0.0941. The van der Waals surface area contributed by atoms with Gasteiger partial charge in [-0.3, -0.25) is 4.79 Å². The molecule has 2 atom stereocenters. The monoisotopic (exact) mass is 319 g/mol. The van der Waals surface area contributed by atoms with Gasteiger partial charge in [-0.25, -0.2) is 4.98 Å². The van der Waals surface area contributed by atoms with Gasteiger partial charge >= 0.3 is 0 Å². The average molecular weight is 319 g/mol. The molecular weight excluding hydrogens is 298 g/mol. The fourth-order valence-electron chi connectivity index (χ4n) is 2.29. The highest BCUT2D eigenvalue weighted by Gasteiger charge is 2.17. The number of nitrogens with zero attached hydrogens (tertiary/aromatic N) is 1. The molecule has 2 unspecified atom stereocenters. The summed E-state index contributed by atoms with van der Waals surface area (Å²) in [5, 5.41) is 15.0. The van der Waals surface area contributed by atoms with Crippen molar-refractivity contribution in [2.75, 3.05) is 6.54 Å². The molecule has 0 spiro atoms. The molecule has 1 aromatic heterocycles. The second-order valence-electron chi connectivity index (χ2n) is 5.23. The third-order valence-electron chi connectivity index (χ3n) is 3.36. The van der Waals surface area contributed by atoms with E-state index in [4.69, 9.17) is 5.73 Å². The van der Waals surface area contributed by atoms with Crippen molar-refractivity contribution >= 4 is 17.2 Å². The minimum absolute atomic E-state index is 0.0674. The first kappa shape index (κ1) is 16.6. The van der Waals surface area contributed by atoms with E-state index in [0.29, 0.717) is 25.2 Å². The molecule has 1 amide bonds. The molecule has 0 aliphatic heterocycles. The number of rotatable bonds is 7. The van der Waals surface area contributed by atoms with Gasteiger partial charge in [-0.2, -0.15) is 0 Å². The van der Waals surface area contributed by atoms with Crippen LogP contribution < -0.4 is 11.1 Å². The Kier molecular flexibility index (Phi) is 6.06. The van der Waals surface area contributed by atoms with Crippen LogP contribution in [0.5, 0.6) is 0 Å². The fraction of sp³-hybridized carbons (Fsp3) is 0.375. The number of carbonyl (C=O) groups excluding carboxylic acids is 1. The average Bonchev–Trinajstić information content (AvgIpc) is 3.01. The van der Waals surface area contributed by atoms with E-state index in [1.807, 2.05) is 30.3 Å². The van der Waals surface area contributed by atoms with Gasteiger partial charge in [-0.1, -0.05) is 30.3 Å².